The van der Waals surface area contributed by atoms with Crippen molar-refractivity contribution in [3.8, 4) is 0 Å². The van der Waals surface area contributed by atoms with Crippen LogP contribution in [0.4, 0.5) is 4.39 Å². The first kappa shape index (κ1) is 10.3. The molecule has 1 saturated heterocycles. The van der Waals surface area contributed by atoms with Crippen LogP contribution in [0.3, 0.4) is 0 Å². The van der Waals surface area contributed by atoms with E-state index in [2.05, 4.69) is 5.32 Å². The third kappa shape index (κ3) is 2.22. The number of hydrogen-bond acceptors (Lipinski definition) is 2. The van der Waals surface area contributed by atoms with Gasteiger partial charge in [0.2, 0.25) is 0 Å². The summed E-state index contributed by atoms with van der Waals surface area (Å²) in [5, 5.41) is 3.93. The van der Waals surface area contributed by atoms with Gasteiger partial charge >= 0.3 is 0 Å². The lowest BCUT2D eigenvalue weighted by Gasteiger charge is -2.22. The summed E-state index contributed by atoms with van der Waals surface area (Å²) < 4.78 is 12.9. The number of rotatable bonds is 1. The number of thioether (sulfide) groups is 1. The molecule has 4 heteroatoms. The van der Waals surface area contributed by atoms with Crippen LogP contribution in [0.25, 0.3) is 0 Å². The van der Waals surface area contributed by atoms with E-state index in [0.717, 1.165) is 24.4 Å². The highest BCUT2D eigenvalue weighted by molar-refractivity contribution is 7.99. The SMILES string of the molecule is Fc1ccc(C2CNCCS2)cc1Cl. The topological polar surface area (TPSA) is 12.0 Å². The highest BCUT2D eigenvalue weighted by Crippen LogP contribution is 2.31. The van der Waals surface area contributed by atoms with E-state index in [-0.39, 0.29) is 10.8 Å². The third-order valence-corrected chi connectivity index (χ3v) is 3.81. The molecule has 1 aromatic carbocycles. The summed E-state index contributed by atoms with van der Waals surface area (Å²) in [6, 6.07) is 4.97. The predicted octanol–water partition coefficient (Wildman–Crippen LogP) is 2.86. The monoisotopic (exact) mass is 231 g/mol. The zero-order valence-electron chi connectivity index (χ0n) is 7.59. The van der Waals surface area contributed by atoms with Crippen molar-refractivity contribution in [2.75, 3.05) is 18.8 Å². The average molecular weight is 232 g/mol. The molecule has 14 heavy (non-hydrogen) atoms. The lowest BCUT2D eigenvalue weighted by atomic mass is 10.1. The largest absolute Gasteiger partial charge is 0.314 e. The smallest absolute Gasteiger partial charge is 0.141 e. The van der Waals surface area contributed by atoms with E-state index < -0.39 is 0 Å². The van der Waals surface area contributed by atoms with Crippen molar-refractivity contribution in [1.82, 2.24) is 5.32 Å². The van der Waals surface area contributed by atoms with Gasteiger partial charge in [0, 0.05) is 24.1 Å². The van der Waals surface area contributed by atoms with Crippen molar-refractivity contribution in [1.29, 1.82) is 0 Å². The molecule has 0 bridgehead atoms. The molecule has 0 saturated carbocycles. The molecule has 1 aliphatic heterocycles. The number of nitrogens with one attached hydrogen (secondary N) is 1. The predicted molar refractivity (Wildman–Crippen MR) is 59.5 cm³/mol. The molecule has 1 heterocycles. The van der Waals surface area contributed by atoms with Crippen LogP contribution in [0.1, 0.15) is 10.8 Å². The molecule has 1 unspecified atom stereocenters. The fourth-order valence-corrected chi connectivity index (χ4v) is 2.80. The van der Waals surface area contributed by atoms with E-state index in [1.54, 1.807) is 6.07 Å². The third-order valence-electron chi connectivity index (χ3n) is 2.24. The lowest BCUT2D eigenvalue weighted by molar-refractivity contribution is 0.626. The van der Waals surface area contributed by atoms with Gasteiger partial charge in [-0.25, -0.2) is 4.39 Å². The van der Waals surface area contributed by atoms with Crippen LogP contribution in [-0.4, -0.2) is 18.8 Å². The molecule has 1 nitrogen and oxygen atoms in total. The van der Waals surface area contributed by atoms with Crippen LogP contribution < -0.4 is 5.32 Å². The molecular formula is C10H11ClFNS. The summed E-state index contributed by atoms with van der Waals surface area (Å²) in [5.74, 6) is 0.754. The maximum Gasteiger partial charge on any atom is 0.141 e. The summed E-state index contributed by atoms with van der Waals surface area (Å²) in [6.07, 6.45) is 0. The molecule has 1 aliphatic rings. The maximum absolute atomic E-state index is 12.9. The van der Waals surface area contributed by atoms with Crippen molar-refractivity contribution in [3.05, 3.63) is 34.6 Å². The molecule has 0 radical (unpaired) electrons. The molecule has 2 rings (SSSR count). The Balaban J connectivity index is 2.18. The van der Waals surface area contributed by atoms with Crippen LogP contribution in [0.2, 0.25) is 5.02 Å². The molecule has 1 aromatic rings. The van der Waals surface area contributed by atoms with Crippen LogP contribution in [0, 0.1) is 5.82 Å². The summed E-state index contributed by atoms with van der Waals surface area (Å²) in [4.78, 5) is 0. The van der Waals surface area contributed by atoms with Gasteiger partial charge < -0.3 is 5.32 Å². The van der Waals surface area contributed by atoms with Gasteiger partial charge in [-0.2, -0.15) is 11.8 Å². The Kier molecular flexibility index (Phi) is 3.31. The quantitative estimate of drug-likeness (QED) is 0.798. The molecule has 0 aliphatic carbocycles. The van der Waals surface area contributed by atoms with Gasteiger partial charge in [-0.05, 0) is 17.7 Å². The van der Waals surface area contributed by atoms with Crippen molar-refractivity contribution in [3.63, 3.8) is 0 Å². The van der Waals surface area contributed by atoms with Crippen molar-refractivity contribution >= 4 is 23.4 Å². The highest BCUT2D eigenvalue weighted by atomic mass is 35.5. The molecule has 0 aromatic heterocycles. The Labute approximate surface area is 92.0 Å². The number of benzene rings is 1. The van der Waals surface area contributed by atoms with E-state index in [1.165, 1.54) is 6.07 Å². The van der Waals surface area contributed by atoms with Crippen molar-refractivity contribution in [2.24, 2.45) is 0 Å². The highest BCUT2D eigenvalue weighted by Gasteiger charge is 2.16. The standard InChI is InChI=1S/C10H11ClFNS/c11-8-5-7(1-2-9(8)12)10-6-13-3-4-14-10/h1-2,5,10,13H,3-4,6H2. The maximum atomic E-state index is 12.9. The van der Waals surface area contributed by atoms with Gasteiger partial charge in [0.1, 0.15) is 5.82 Å². The van der Waals surface area contributed by atoms with Crippen LogP contribution >= 0.6 is 23.4 Å². The van der Waals surface area contributed by atoms with Crippen molar-refractivity contribution in [2.45, 2.75) is 5.25 Å². The molecule has 1 N–H and O–H groups in total. The summed E-state index contributed by atoms with van der Waals surface area (Å²) in [6.45, 7) is 1.99. The first-order chi connectivity index (χ1) is 6.77. The fourth-order valence-electron chi connectivity index (χ4n) is 1.49. The average Bonchev–Trinajstić information content (AvgIpc) is 2.23. The van der Waals surface area contributed by atoms with Gasteiger partial charge in [0.15, 0.2) is 0 Å². The van der Waals surface area contributed by atoms with Gasteiger partial charge in [-0.3, -0.25) is 0 Å². The zero-order valence-corrected chi connectivity index (χ0v) is 9.17. The van der Waals surface area contributed by atoms with Gasteiger partial charge in [0.25, 0.3) is 0 Å². The van der Waals surface area contributed by atoms with E-state index in [0.29, 0.717) is 5.25 Å². The van der Waals surface area contributed by atoms with Crippen LogP contribution in [0.15, 0.2) is 18.2 Å². The van der Waals surface area contributed by atoms with Crippen LogP contribution in [-0.2, 0) is 0 Å². The van der Waals surface area contributed by atoms with Crippen LogP contribution in [0.5, 0.6) is 0 Å². The zero-order chi connectivity index (χ0) is 9.97. The van der Waals surface area contributed by atoms with E-state index in [4.69, 9.17) is 11.6 Å². The Morgan fingerprint density at radius 3 is 3.00 bits per heavy atom. The van der Waals surface area contributed by atoms with E-state index in [1.807, 2.05) is 17.8 Å². The Morgan fingerprint density at radius 1 is 1.50 bits per heavy atom. The number of hydrogen-bond donors (Lipinski definition) is 1. The Bertz CT molecular complexity index is 326. The fraction of sp³-hybridized carbons (Fsp3) is 0.400. The van der Waals surface area contributed by atoms with E-state index >= 15 is 0 Å². The Hall–Kier alpha value is -0.250. The minimum atomic E-state index is -0.343. The molecule has 0 amide bonds. The minimum Gasteiger partial charge on any atom is -0.314 e. The summed E-state index contributed by atoms with van der Waals surface area (Å²) >= 11 is 7.62. The molecule has 76 valence electrons. The molecule has 1 fully saturated rings. The second kappa shape index (κ2) is 4.51. The lowest BCUT2D eigenvalue weighted by Crippen LogP contribution is -2.28. The van der Waals surface area contributed by atoms with Gasteiger partial charge in [-0.15, -0.1) is 0 Å². The summed E-state index contributed by atoms with van der Waals surface area (Å²) in [5.41, 5.74) is 1.11. The second-order valence-electron chi connectivity index (χ2n) is 3.24. The Morgan fingerprint density at radius 2 is 2.36 bits per heavy atom. The molecular weight excluding hydrogens is 221 g/mol. The molecule has 0 spiro atoms. The van der Waals surface area contributed by atoms with Gasteiger partial charge in [-0.1, -0.05) is 17.7 Å². The van der Waals surface area contributed by atoms with Crippen molar-refractivity contribution < 1.29 is 4.39 Å². The minimum absolute atomic E-state index is 0.216. The first-order valence-corrected chi connectivity index (χ1v) is 5.97. The van der Waals surface area contributed by atoms with Gasteiger partial charge in [0.05, 0.1) is 5.02 Å². The molecule has 1 atom stereocenters. The summed E-state index contributed by atoms with van der Waals surface area (Å²) in [7, 11) is 0. The number of halogens is 2. The van der Waals surface area contributed by atoms with E-state index in [9.17, 15) is 4.39 Å². The normalized spacial score (nSPS) is 22.3. The first-order valence-electron chi connectivity index (χ1n) is 4.54. The second-order valence-corrected chi connectivity index (χ2v) is 4.95.